The van der Waals surface area contributed by atoms with Gasteiger partial charge in [-0.15, -0.1) is 0 Å². The van der Waals surface area contributed by atoms with Crippen LogP contribution >= 0.6 is 0 Å². The van der Waals surface area contributed by atoms with E-state index in [0.29, 0.717) is 28.2 Å². The monoisotopic (exact) mass is 408 g/mol. The highest BCUT2D eigenvalue weighted by Crippen LogP contribution is 2.50. The van der Waals surface area contributed by atoms with Gasteiger partial charge in [-0.05, 0) is 54.0 Å². The minimum Gasteiger partial charge on any atom is -0.508 e. The summed E-state index contributed by atoms with van der Waals surface area (Å²) in [4.78, 5) is 0. The quantitative estimate of drug-likeness (QED) is 0.471. The number of methoxy groups -OCH3 is 2. The van der Waals surface area contributed by atoms with Crippen molar-refractivity contribution in [3.63, 3.8) is 0 Å². The summed E-state index contributed by atoms with van der Waals surface area (Å²) in [5.74, 6) is 0.888. The summed E-state index contributed by atoms with van der Waals surface area (Å²) in [6, 6.07) is 13.1. The fourth-order valence-corrected chi connectivity index (χ4v) is 3.12. The fraction of sp³-hybridized carbons (Fsp3) is 0.167. The molecule has 0 unspecified atom stereocenters. The van der Waals surface area contributed by atoms with E-state index in [-0.39, 0.29) is 29.6 Å². The largest absolute Gasteiger partial charge is 0.508 e. The highest BCUT2D eigenvalue weighted by Gasteiger charge is 2.22. The maximum absolute atomic E-state index is 11.0. The maximum atomic E-state index is 11.0. The average molecular weight is 408 g/mol. The lowest BCUT2D eigenvalue weighted by molar-refractivity contribution is 0.328. The number of hydrogen-bond donors (Lipinski definition) is 3. The molecule has 0 radical (unpaired) electrons. The molecule has 3 aromatic rings. The Labute approximate surface area is 175 Å². The van der Waals surface area contributed by atoms with Crippen molar-refractivity contribution in [3.05, 3.63) is 60.7 Å². The molecule has 0 bridgehead atoms. The first-order valence-electron chi connectivity index (χ1n) is 9.23. The smallest absolute Gasteiger partial charge is 0.170 e. The van der Waals surface area contributed by atoms with Crippen molar-refractivity contribution in [2.45, 2.75) is 6.92 Å². The van der Waals surface area contributed by atoms with Gasteiger partial charge in [0, 0.05) is 5.56 Å². The third-order valence-corrected chi connectivity index (χ3v) is 4.54. The Hall–Kier alpha value is -3.80. The predicted octanol–water partition coefficient (Wildman–Crippen LogP) is 5.11. The molecular formula is C24H24O6. The van der Waals surface area contributed by atoms with Crippen LogP contribution in [-0.4, -0.2) is 36.1 Å². The van der Waals surface area contributed by atoms with Crippen LogP contribution in [0.5, 0.6) is 34.5 Å². The van der Waals surface area contributed by atoms with E-state index in [1.807, 2.05) is 6.92 Å². The van der Waals surface area contributed by atoms with Crippen LogP contribution in [0.3, 0.4) is 0 Å². The number of rotatable bonds is 7. The highest BCUT2D eigenvalue weighted by molar-refractivity contribution is 5.88. The Morgan fingerprint density at radius 3 is 2.10 bits per heavy atom. The van der Waals surface area contributed by atoms with Gasteiger partial charge in [-0.25, -0.2) is 0 Å². The van der Waals surface area contributed by atoms with E-state index < -0.39 is 0 Å². The first-order chi connectivity index (χ1) is 14.3. The van der Waals surface area contributed by atoms with Gasteiger partial charge in [0.15, 0.2) is 23.0 Å². The molecule has 6 nitrogen and oxygen atoms in total. The van der Waals surface area contributed by atoms with Crippen molar-refractivity contribution in [2.75, 3.05) is 20.8 Å². The number of ether oxygens (including phenoxy) is 3. The normalized spacial score (nSPS) is 10.5. The molecule has 30 heavy (non-hydrogen) atoms. The number of phenolic OH excluding ortho intramolecular Hbond substituents is 3. The molecule has 0 atom stereocenters. The van der Waals surface area contributed by atoms with Gasteiger partial charge in [-0.2, -0.15) is 0 Å². The minimum absolute atomic E-state index is 0.0724. The summed E-state index contributed by atoms with van der Waals surface area (Å²) in [5, 5.41) is 30.9. The molecule has 0 saturated carbocycles. The van der Waals surface area contributed by atoms with Crippen LogP contribution in [0.4, 0.5) is 0 Å². The Balaban J connectivity index is 2.12. The summed E-state index contributed by atoms with van der Waals surface area (Å²) in [6.45, 7) is 5.89. The maximum Gasteiger partial charge on any atom is 0.170 e. The topological polar surface area (TPSA) is 88.4 Å². The molecule has 0 heterocycles. The lowest BCUT2D eigenvalue weighted by atomic mass is 9.96. The molecule has 3 N–H and O–H groups in total. The van der Waals surface area contributed by atoms with E-state index in [1.165, 1.54) is 20.3 Å². The molecule has 0 amide bonds. The fourth-order valence-electron chi connectivity index (χ4n) is 3.12. The van der Waals surface area contributed by atoms with Crippen molar-refractivity contribution in [1.82, 2.24) is 0 Å². The van der Waals surface area contributed by atoms with Crippen LogP contribution in [0.25, 0.3) is 22.3 Å². The zero-order valence-corrected chi connectivity index (χ0v) is 17.1. The van der Waals surface area contributed by atoms with E-state index >= 15 is 0 Å². The number of phenols is 3. The van der Waals surface area contributed by atoms with Gasteiger partial charge in [0.25, 0.3) is 0 Å². The van der Waals surface area contributed by atoms with Crippen LogP contribution in [0.15, 0.2) is 60.7 Å². The molecule has 6 heteroatoms. The Morgan fingerprint density at radius 1 is 0.867 bits per heavy atom. The van der Waals surface area contributed by atoms with E-state index in [2.05, 4.69) is 6.58 Å². The second kappa shape index (κ2) is 8.69. The number of aromatic hydroxyl groups is 3. The summed E-state index contributed by atoms with van der Waals surface area (Å²) in [5.41, 5.74) is 3.06. The summed E-state index contributed by atoms with van der Waals surface area (Å²) in [6.07, 6.45) is 0. The van der Waals surface area contributed by atoms with Crippen molar-refractivity contribution in [1.29, 1.82) is 0 Å². The van der Waals surface area contributed by atoms with Gasteiger partial charge in [0.1, 0.15) is 18.1 Å². The Kier molecular flexibility index (Phi) is 6.06. The first-order valence-corrected chi connectivity index (χ1v) is 9.23. The van der Waals surface area contributed by atoms with Crippen molar-refractivity contribution in [3.8, 4) is 56.8 Å². The highest BCUT2D eigenvalue weighted by atomic mass is 16.5. The van der Waals surface area contributed by atoms with E-state index in [9.17, 15) is 15.3 Å². The van der Waals surface area contributed by atoms with Gasteiger partial charge in [-0.1, -0.05) is 24.8 Å². The molecule has 0 aliphatic rings. The molecule has 0 aliphatic carbocycles. The van der Waals surface area contributed by atoms with Gasteiger partial charge in [-0.3, -0.25) is 0 Å². The van der Waals surface area contributed by atoms with Gasteiger partial charge < -0.3 is 29.5 Å². The summed E-state index contributed by atoms with van der Waals surface area (Å²) < 4.78 is 16.5. The summed E-state index contributed by atoms with van der Waals surface area (Å²) in [7, 11) is 2.96. The van der Waals surface area contributed by atoms with Crippen LogP contribution in [0, 0.1) is 0 Å². The molecule has 3 rings (SSSR count). The second-order valence-electron chi connectivity index (χ2n) is 6.86. The second-order valence-corrected chi connectivity index (χ2v) is 6.86. The van der Waals surface area contributed by atoms with Crippen LogP contribution in [0.2, 0.25) is 0 Å². The van der Waals surface area contributed by atoms with Gasteiger partial charge in [0.05, 0.1) is 19.8 Å². The molecule has 156 valence electrons. The lowest BCUT2D eigenvalue weighted by Gasteiger charge is -2.18. The average Bonchev–Trinajstić information content (AvgIpc) is 2.72. The summed E-state index contributed by atoms with van der Waals surface area (Å²) >= 11 is 0. The van der Waals surface area contributed by atoms with Gasteiger partial charge in [0.2, 0.25) is 0 Å². The van der Waals surface area contributed by atoms with Crippen molar-refractivity contribution < 1.29 is 29.5 Å². The minimum atomic E-state index is -0.130. The van der Waals surface area contributed by atoms with E-state index in [0.717, 1.165) is 11.1 Å². The molecule has 3 aromatic carbocycles. The molecule has 0 saturated heterocycles. The van der Waals surface area contributed by atoms with E-state index in [4.69, 9.17) is 14.2 Å². The van der Waals surface area contributed by atoms with E-state index in [1.54, 1.807) is 42.5 Å². The van der Waals surface area contributed by atoms with Crippen LogP contribution < -0.4 is 14.2 Å². The number of benzene rings is 3. The molecule has 0 spiro atoms. The zero-order chi connectivity index (χ0) is 21.8. The number of hydrogen-bond acceptors (Lipinski definition) is 6. The molecule has 0 aromatic heterocycles. The third kappa shape index (κ3) is 4.12. The molecule has 0 fully saturated rings. The predicted molar refractivity (Wildman–Crippen MR) is 116 cm³/mol. The van der Waals surface area contributed by atoms with Crippen LogP contribution in [0.1, 0.15) is 6.92 Å². The van der Waals surface area contributed by atoms with Crippen molar-refractivity contribution in [2.24, 2.45) is 0 Å². The first kappa shape index (κ1) is 20.9. The van der Waals surface area contributed by atoms with Gasteiger partial charge >= 0.3 is 0 Å². The standard InChI is InChI=1S/C24H24O6/c1-14(2)13-30-20-10-7-16(11-19(20)26)22-21(28-3)12-18(24(29-4)23(22)27)15-5-8-17(25)9-6-15/h5-12,25-27H,1,13H2,2-4H3. The molecular weight excluding hydrogens is 384 g/mol. The molecule has 0 aliphatic heterocycles. The Morgan fingerprint density at radius 2 is 1.53 bits per heavy atom. The SMILES string of the molecule is C=C(C)COc1ccc(-c2c(OC)cc(-c3ccc(O)cc3)c(OC)c2O)cc1O. The third-order valence-electron chi connectivity index (χ3n) is 4.54. The Bertz CT molecular complexity index is 1070. The van der Waals surface area contributed by atoms with Crippen molar-refractivity contribution >= 4 is 0 Å². The zero-order valence-electron chi connectivity index (χ0n) is 17.1. The lowest BCUT2D eigenvalue weighted by Crippen LogP contribution is -1.98. The van der Waals surface area contributed by atoms with Crippen LogP contribution in [-0.2, 0) is 0 Å².